The first-order valence-electron chi connectivity index (χ1n) is 9.17. The van der Waals surface area contributed by atoms with Gasteiger partial charge in [-0.3, -0.25) is 0 Å². The second-order valence-corrected chi connectivity index (χ2v) is 8.79. The molecule has 1 fully saturated rings. The maximum Gasteiger partial charge on any atom is 0.225 e. The minimum Gasteiger partial charge on any atom is -0.383 e. The summed E-state index contributed by atoms with van der Waals surface area (Å²) in [4.78, 5) is 11.3. The molecule has 2 aromatic rings. The SMILES string of the molecule is CCN(c1cc(-c2ccccc2)nc(NCCOC)n1)C1CCS(=O)(=O)C1. The Labute approximate surface area is 160 Å². The first kappa shape index (κ1) is 19.6. The summed E-state index contributed by atoms with van der Waals surface area (Å²) in [6, 6.07) is 11.8. The highest BCUT2D eigenvalue weighted by atomic mass is 32.2. The van der Waals surface area contributed by atoms with Crippen molar-refractivity contribution in [2.24, 2.45) is 0 Å². The summed E-state index contributed by atoms with van der Waals surface area (Å²) < 4.78 is 29.0. The predicted molar refractivity (Wildman–Crippen MR) is 108 cm³/mol. The lowest BCUT2D eigenvalue weighted by atomic mass is 10.1. The Morgan fingerprint density at radius 1 is 1.26 bits per heavy atom. The van der Waals surface area contributed by atoms with Crippen LogP contribution >= 0.6 is 0 Å². The van der Waals surface area contributed by atoms with Gasteiger partial charge < -0.3 is 15.0 Å². The maximum atomic E-state index is 11.9. The average molecular weight is 391 g/mol. The van der Waals surface area contributed by atoms with Gasteiger partial charge >= 0.3 is 0 Å². The molecule has 1 aromatic carbocycles. The van der Waals surface area contributed by atoms with E-state index in [2.05, 4.69) is 20.2 Å². The standard InChI is InChI=1S/C19H26N4O3S/c1-3-23(16-9-12-27(24,25)14-16)18-13-17(15-7-5-4-6-8-15)21-19(22-18)20-10-11-26-2/h4-8,13,16H,3,9-12,14H2,1-2H3,(H,20,21,22). The molecule has 0 aliphatic carbocycles. The van der Waals surface area contributed by atoms with Crippen molar-refractivity contribution in [3.63, 3.8) is 0 Å². The fourth-order valence-electron chi connectivity index (χ4n) is 3.31. The Balaban J connectivity index is 1.95. The number of anilines is 2. The van der Waals surface area contributed by atoms with Crippen LogP contribution in [0.2, 0.25) is 0 Å². The van der Waals surface area contributed by atoms with Crippen molar-refractivity contribution in [2.75, 3.05) is 48.5 Å². The molecule has 146 valence electrons. The van der Waals surface area contributed by atoms with Crippen LogP contribution in [0.5, 0.6) is 0 Å². The minimum absolute atomic E-state index is 0.0506. The predicted octanol–water partition coefficient (Wildman–Crippen LogP) is 2.22. The molecule has 1 unspecified atom stereocenters. The molecule has 1 N–H and O–H groups in total. The van der Waals surface area contributed by atoms with E-state index in [0.29, 0.717) is 32.1 Å². The first-order valence-corrected chi connectivity index (χ1v) is 11.0. The summed E-state index contributed by atoms with van der Waals surface area (Å²) in [6.07, 6.45) is 0.632. The number of aromatic nitrogens is 2. The normalized spacial score (nSPS) is 18.4. The Morgan fingerprint density at radius 3 is 2.67 bits per heavy atom. The number of sulfone groups is 1. The molecule has 2 heterocycles. The molecule has 27 heavy (non-hydrogen) atoms. The van der Waals surface area contributed by atoms with Crippen LogP contribution in [-0.4, -0.2) is 62.7 Å². The number of ether oxygens (including phenoxy) is 1. The van der Waals surface area contributed by atoms with Gasteiger partial charge in [-0.2, -0.15) is 4.98 Å². The molecule has 0 bridgehead atoms. The molecule has 0 spiro atoms. The van der Waals surface area contributed by atoms with Gasteiger partial charge in [0.25, 0.3) is 0 Å². The van der Waals surface area contributed by atoms with E-state index in [1.54, 1.807) is 7.11 Å². The van der Waals surface area contributed by atoms with E-state index in [0.717, 1.165) is 17.1 Å². The van der Waals surface area contributed by atoms with E-state index in [1.807, 2.05) is 43.3 Å². The van der Waals surface area contributed by atoms with Crippen molar-refractivity contribution in [1.82, 2.24) is 9.97 Å². The van der Waals surface area contributed by atoms with Gasteiger partial charge in [-0.05, 0) is 13.3 Å². The second kappa shape index (κ2) is 8.67. The highest BCUT2D eigenvalue weighted by molar-refractivity contribution is 7.91. The highest BCUT2D eigenvalue weighted by Gasteiger charge is 2.32. The van der Waals surface area contributed by atoms with Crippen molar-refractivity contribution in [3.8, 4) is 11.3 Å². The zero-order valence-corrected chi connectivity index (χ0v) is 16.6. The van der Waals surface area contributed by atoms with Gasteiger partial charge in [-0.15, -0.1) is 0 Å². The molecule has 1 atom stereocenters. The van der Waals surface area contributed by atoms with Crippen molar-refractivity contribution in [3.05, 3.63) is 36.4 Å². The Kier molecular flexibility index (Phi) is 6.28. The number of nitrogens with one attached hydrogen (secondary N) is 1. The lowest BCUT2D eigenvalue weighted by Gasteiger charge is -2.28. The quantitative estimate of drug-likeness (QED) is 0.692. The zero-order valence-electron chi connectivity index (χ0n) is 15.8. The smallest absolute Gasteiger partial charge is 0.225 e. The summed E-state index contributed by atoms with van der Waals surface area (Å²) in [6.45, 7) is 3.85. The van der Waals surface area contributed by atoms with Crippen LogP contribution in [0.3, 0.4) is 0 Å². The number of rotatable bonds is 8. The van der Waals surface area contributed by atoms with E-state index in [9.17, 15) is 8.42 Å². The maximum absolute atomic E-state index is 11.9. The molecule has 0 amide bonds. The number of hydrogen-bond acceptors (Lipinski definition) is 7. The van der Waals surface area contributed by atoms with Gasteiger partial charge in [0.05, 0.1) is 23.8 Å². The molecule has 1 aliphatic heterocycles. The molecular formula is C19H26N4O3S. The van der Waals surface area contributed by atoms with Crippen LogP contribution in [-0.2, 0) is 14.6 Å². The van der Waals surface area contributed by atoms with E-state index in [-0.39, 0.29) is 17.5 Å². The lowest BCUT2D eigenvalue weighted by Crippen LogP contribution is -2.37. The Hall–Kier alpha value is -2.19. The monoisotopic (exact) mass is 390 g/mol. The van der Waals surface area contributed by atoms with Crippen molar-refractivity contribution in [2.45, 2.75) is 19.4 Å². The van der Waals surface area contributed by atoms with Crippen molar-refractivity contribution in [1.29, 1.82) is 0 Å². The van der Waals surface area contributed by atoms with Gasteiger partial charge in [0.1, 0.15) is 5.82 Å². The number of nitrogens with zero attached hydrogens (tertiary/aromatic N) is 3. The topological polar surface area (TPSA) is 84.4 Å². The van der Waals surface area contributed by atoms with Crippen LogP contribution in [0.25, 0.3) is 11.3 Å². The molecule has 3 rings (SSSR count). The fourth-order valence-corrected chi connectivity index (χ4v) is 5.04. The van der Waals surface area contributed by atoms with E-state index in [1.165, 1.54) is 0 Å². The summed E-state index contributed by atoms with van der Waals surface area (Å²) in [5.74, 6) is 1.68. The molecule has 0 saturated carbocycles. The van der Waals surface area contributed by atoms with Gasteiger partial charge in [-0.25, -0.2) is 13.4 Å². The summed E-state index contributed by atoms with van der Waals surface area (Å²) in [5, 5.41) is 3.19. The zero-order chi connectivity index (χ0) is 19.3. The molecule has 1 aromatic heterocycles. The van der Waals surface area contributed by atoms with E-state index in [4.69, 9.17) is 4.74 Å². The molecular weight excluding hydrogens is 364 g/mol. The van der Waals surface area contributed by atoms with E-state index >= 15 is 0 Å². The van der Waals surface area contributed by atoms with Crippen LogP contribution in [0.4, 0.5) is 11.8 Å². The summed E-state index contributed by atoms with van der Waals surface area (Å²) in [5.41, 5.74) is 1.80. The number of benzene rings is 1. The molecule has 1 saturated heterocycles. The van der Waals surface area contributed by atoms with E-state index < -0.39 is 9.84 Å². The Bertz CT molecular complexity index is 859. The highest BCUT2D eigenvalue weighted by Crippen LogP contribution is 2.27. The van der Waals surface area contributed by atoms with Gasteiger partial charge in [0.2, 0.25) is 5.95 Å². The van der Waals surface area contributed by atoms with Crippen LogP contribution in [0.1, 0.15) is 13.3 Å². The molecule has 0 radical (unpaired) electrons. The van der Waals surface area contributed by atoms with Crippen LogP contribution in [0.15, 0.2) is 36.4 Å². The van der Waals surface area contributed by atoms with Crippen molar-refractivity contribution >= 4 is 21.6 Å². The molecule has 8 heteroatoms. The van der Waals surface area contributed by atoms with Gasteiger partial charge in [0, 0.05) is 37.9 Å². The first-order chi connectivity index (χ1) is 13.0. The Morgan fingerprint density at radius 2 is 2.04 bits per heavy atom. The molecule has 7 nitrogen and oxygen atoms in total. The molecule has 1 aliphatic rings. The van der Waals surface area contributed by atoms with Crippen LogP contribution < -0.4 is 10.2 Å². The van der Waals surface area contributed by atoms with Gasteiger partial charge in [-0.1, -0.05) is 30.3 Å². The fraction of sp³-hybridized carbons (Fsp3) is 0.474. The summed E-state index contributed by atoms with van der Waals surface area (Å²) in [7, 11) is -1.32. The van der Waals surface area contributed by atoms with Crippen molar-refractivity contribution < 1.29 is 13.2 Å². The minimum atomic E-state index is -2.97. The van der Waals surface area contributed by atoms with Gasteiger partial charge in [0.15, 0.2) is 9.84 Å². The lowest BCUT2D eigenvalue weighted by molar-refractivity contribution is 0.210. The third-order valence-electron chi connectivity index (χ3n) is 4.66. The second-order valence-electron chi connectivity index (χ2n) is 6.56. The number of methoxy groups -OCH3 is 1. The summed E-state index contributed by atoms with van der Waals surface area (Å²) >= 11 is 0. The van der Waals surface area contributed by atoms with Crippen LogP contribution in [0, 0.1) is 0 Å². The average Bonchev–Trinajstić information content (AvgIpc) is 3.03. The largest absolute Gasteiger partial charge is 0.383 e. The third-order valence-corrected chi connectivity index (χ3v) is 6.41. The number of hydrogen-bond donors (Lipinski definition) is 1. The third kappa shape index (κ3) is 4.95.